The van der Waals surface area contributed by atoms with Crippen LogP contribution in [0.15, 0.2) is 12.2 Å². The Balaban J connectivity index is 2.59. The maximum Gasteiger partial charge on any atom is 0.133 e. The Hall–Kier alpha value is -0.590. The monoisotopic (exact) mass is 138 g/mol. The van der Waals surface area contributed by atoms with Crippen molar-refractivity contribution in [3.05, 3.63) is 12.2 Å². The first kappa shape index (κ1) is 7.52. The van der Waals surface area contributed by atoms with Gasteiger partial charge >= 0.3 is 0 Å². The Kier molecular flexibility index (Phi) is 2.25. The van der Waals surface area contributed by atoms with Crippen LogP contribution in [0, 0.1) is 11.8 Å². The van der Waals surface area contributed by atoms with Crippen LogP contribution >= 0.6 is 0 Å². The summed E-state index contributed by atoms with van der Waals surface area (Å²) in [6.45, 7) is 3.84. The lowest BCUT2D eigenvalue weighted by Crippen LogP contribution is -2.20. The summed E-state index contributed by atoms with van der Waals surface area (Å²) in [5.74, 6) is 1.20. The summed E-state index contributed by atoms with van der Waals surface area (Å²) < 4.78 is 0. The zero-order valence-electron chi connectivity index (χ0n) is 6.63. The number of Topliss-reactive ketones (excluding diaryl/α,β-unsaturated/α-hetero) is 1. The van der Waals surface area contributed by atoms with Gasteiger partial charge in [0.2, 0.25) is 0 Å². The molecule has 0 bridgehead atoms. The van der Waals surface area contributed by atoms with Gasteiger partial charge in [-0.2, -0.15) is 0 Å². The van der Waals surface area contributed by atoms with E-state index in [0.29, 0.717) is 17.6 Å². The summed E-state index contributed by atoms with van der Waals surface area (Å²) in [5, 5.41) is 0. The molecule has 1 rings (SSSR count). The Morgan fingerprint density at radius 1 is 1.40 bits per heavy atom. The molecule has 0 aromatic heterocycles. The smallest absolute Gasteiger partial charge is 0.133 e. The molecular formula is C9H14O. The first-order chi connectivity index (χ1) is 4.72. The maximum absolute atomic E-state index is 11.0. The van der Waals surface area contributed by atoms with Gasteiger partial charge in [0.05, 0.1) is 0 Å². The molecule has 0 radical (unpaired) electrons. The summed E-state index contributed by atoms with van der Waals surface area (Å²) in [6.07, 6.45) is 6.32. The fraction of sp³-hybridized carbons (Fsp3) is 0.667. The number of carbonyl (C=O) groups excluding carboxylic acids is 1. The molecule has 56 valence electrons. The molecular weight excluding hydrogens is 124 g/mol. The van der Waals surface area contributed by atoms with Crippen molar-refractivity contribution in [1.29, 1.82) is 0 Å². The minimum Gasteiger partial charge on any atom is -0.300 e. The lowest BCUT2D eigenvalue weighted by atomic mass is 9.82. The fourth-order valence-electron chi connectivity index (χ4n) is 1.52. The molecule has 10 heavy (non-hydrogen) atoms. The van der Waals surface area contributed by atoms with Crippen molar-refractivity contribution in [3.8, 4) is 0 Å². The number of allylic oxidation sites excluding steroid dienone is 2. The van der Waals surface area contributed by atoms with E-state index in [0.717, 1.165) is 12.8 Å². The lowest BCUT2D eigenvalue weighted by molar-refractivity contribution is -0.122. The van der Waals surface area contributed by atoms with Crippen LogP contribution in [0.2, 0.25) is 0 Å². The molecule has 2 atom stereocenters. The highest BCUT2D eigenvalue weighted by Crippen LogP contribution is 2.25. The highest BCUT2D eigenvalue weighted by Gasteiger charge is 2.21. The van der Waals surface area contributed by atoms with Crippen LogP contribution in [0.4, 0.5) is 0 Å². The summed E-state index contributed by atoms with van der Waals surface area (Å²) in [7, 11) is 0. The van der Waals surface area contributed by atoms with E-state index in [4.69, 9.17) is 0 Å². The molecule has 1 heteroatoms. The minimum absolute atomic E-state index is 0.296. The SMILES string of the molecule is CC(=O)[C@@H]1CC=CC[C@H]1C. The third-order valence-corrected chi connectivity index (χ3v) is 2.27. The second kappa shape index (κ2) is 3.00. The van der Waals surface area contributed by atoms with Gasteiger partial charge in [0.25, 0.3) is 0 Å². The predicted molar refractivity (Wildman–Crippen MR) is 41.7 cm³/mol. The minimum atomic E-state index is 0.296. The van der Waals surface area contributed by atoms with Gasteiger partial charge in [0, 0.05) is 5.92 Å². The molecule has 0 spiro atoms. The van der Waals surface area contributed by atoms with Gasteiger partial charge in [-0.05, 0) is 25.7 Å². The van der Waals surface area contributed by atoms with E-state index in [1.807, 2.05) is 0 Å². The van der Waals surface area contributed by atoms with Gasteiger partial charge in [-0.15, -0.1) is 0 Å². The quantitative estimate of drug-likeness (QED) is 0.507. The average molecular weight is 138 g/mol. The third kappa shape index (κ3) is 1.47. The molecule has 0 aromatic rings. The Morgan fingerprint density at radius 3 is 2.40 bits per heavy atom. The van der Waals surface area contributed by atoms with Crippen molar-refractivity contribution in [3.63, 3.8) is 0 Å². The first-order valence-corrected chi connectivity index (χ1v) is 3.87. The van der Waals surface area contributed by atoms with Crippen molar-refractivity contribution >= 4 is 5.78 Å². The number of carbonyl (C=O) groups is 1. The van der Waals surface area contributed by atoms with Gasteiger partial charge in [-0.25, -0.2) is 0 Å². The van der Waals surface area contributed by atoms with Crippen LogP contribution in [0.1, 0.15) is 26.7 Å². The van der Waals surface area contributed by atoms with Crippen molar-refractivity contribution in [2.24, 2.45) is 11.8 Å². The highest BCUT2D eigenvalue weighted by molar-refractivity contribution is 5.78. The number of ketones is 1. The Bertz CT molecular complexity index is 158. The normalized spacial score (nSPS) is 32.2. The summed E-state index contributed by atoms with van der Waals surface area (Å²) in [5.41, 5.74) is 0. The molecule has 0 saturated heterocycles. The van der Waals surface area contributed by atoms with Crippen molar-refractivity contribution in [2.75, 3.05) is 0 Å². The molecule has 0 amide bonds. The number of hydrogen-bond donors (Lipinski definition) is 0. The molecule has 1 aliphatic carbocycles. The van der Waals surface area contributed by atoms with Gasteiger partial charge in [0.1, 0.15) is 5.78 Å². The molecule has 1 nitrogen and oxygen atoms in total. The molecule has 0 N–H and O–H groups in total. The summed E-state index contributed by atoms with van der Waals surface area (Å²) >= 11 is 0. The van der Waals surface area contributed by atoms with Crippen molar-refractivity contribution in [1.82, 2.24) is 0 Å². The molecule has 0 fully saturated rings. The Morgan fingerprint density at radius 2 is 2.00 bits per heavy atom. The first-order valence-electron chi connectivity index (χ1n) is 3.87. The van der Waals surface area contributed by atoms with Gasteiger partial charge in [0.15, 0.2) is 0 Å². The Labute approximate surface area is 62.1 Å². The van der Waals surface area contributed by atoms with E-state index in [9.17, 15) is 4.79 Å². The molecule has 0 heterocycles. The van der Waals surface area contributed by atoms with Gasteiger partial charge < -0.3 is 0 Å². The van der Waals surface area contributed by atoms with Crippen LogP contribution < -0.4 is 0 Å². The lowest BCUT2D eigenvalue weighted by Gasteiger charge is -2.21. The van der Waals surface area contributed by atoms with Crippen LogP contribution in [0.5, 0.6) is 0 Å². The second-order valence-electron chi connectivity index (χ2n) is 3.14. The predicted octanol–water partition coefficient (Wildman–Crippen LogP) is 2.18. The van der Waals surface area contributed by atoms with Gasteiger partial charge in [-0.3, -0.25) is 4.79 Å². The molecule has 0 unspecified atom stereocenters. The van der Waals surface area contributed by atoms with E-state index >= 15 is 0 Å². The highest BCUT2D eigenvalue weighted by atomic mass is 16.1. The maximum atomic E-state index is 11.0. The topological polar surface area (TPSA) is 17.1 Å². The van der Waals surface area contributed by atoms with Crippen LogP contribution in [-0.4, -0.2) is 5.78 Å². The number of hydrogen-bond acceptors (Lipinski definition) is 1. The molecule has 0 saturated carbocycles. The standard InChI is InChI=1S/C9H14O/c1-7-5-3-4-6-9(7)8(2)10/h3-4,7,9H,5-6H2,1-2H3/t7-,9-/m1/s1. The number of rotatable bonds is 1. The van der Waals surface area contributed by atoms with Gasteiger partial charge in [-0.1, -0.05) is 19.1 Å². The van der Waals surface area contributed by atoms with Crippen molar-refractivity contribution in [2.45, 2.75) is 26.7 Å². The van der Waals surface area contributed by atoms with Crippen LogP contribution in [0.3, 0.4) is 0 Å². The largest absolute Gasteiger partial charge is 0.300 e. The average Bonchev–Trinajstić information content (AvgIpc) is 1.88. The second-order valence-corrected chi connectivity index (χ2v) is 3.14. The fourth-order valence-corrected chi connectivity index (χ4v) is 1.52. The molecule has 0 aromatic carbocycles. The van der Waals surface area contributed by atoms with Crippen LogP contribution in [-0.2, 0) is 4.79 Å². The van der Waals surface area contributed by atoms with E-state index in [1.54, 1.807) is 6.92 Å². The van der Waals surface area contributed by atoms with E-state index in [-0.39, 0.29) is 0 Å². The van der Waals surface area contributed by atoms with E-state index in [2.05, 4.69) is 19.1 Å². The van der Waals surface area contributed by atoms with E-state index in [1.165, 1.54) is 0 Å². The third-order valence-electron chi connectivity index (χ3n) is 2.27. The molecule has 1 aliphatic rings. The zero-order valence-corrected chi connectivity index (χ0v) is 6.63. The summed E-state index contributed by atoms with van der Waals surface area (Å²) in [6, 6.07) is 0. The zero-order chi connectivity index (χ0) is 7.56. The van der Waals surface area contributed by atoms with Crippen molar-refractivity contribution < 1.29 is 4.79 Å². The van der Waals surface area contributed by atoms with Crippen LogP contribution in [0.25, 0.3) is 0 Å². The summed E-state index contributed by atoms with van der Waals surface area (Å²) in [4.78, 5) is 11.0. The molecule has 0 aliphatic heterocycles. The van der Waals surface area contributed by atoms with E-state index < -0.39 is 0 Å².